The van der Waals surface area contributed by atoms with Crippen LogP contribution in [0, 0.1) is 0 Å². The van der Waals surface area contributed by atoms with Crippen LogP contribution in [0.3, 0.4) is 0 Å². The second kappa shape index (κ2) is 3.62. The molecule has 14 heavy (non-hydrogen) atoms. The van der Waals surface area contributed by atoms with Crippen LogP contribution in [0.1, 0.15) is 18.9 Å². The molecule has 0 radical (unpaired) electrons. The smallest absolute Gasteiger partial charge is 0.133 e. The van der Waals surface area contributed by atoms with Crippen molar-refractivity contribution in [2.45, 2.75) is 25.9 Å². The first-order valence-electron chi connectivity index (χ1n) is 4.59. The lowest BCUT2D eigenvalue weighted by molar-refractivity contribution is -0.118. The molecule has 1 aliphatic heterocycles. The van der Waals surface area contributed by atoms with Crippen molar-refractivity contribution in [3.63, 3.8) is 0 Å². The van der Waals surface area contributed by atoms with E-state index in [1.54, 1.807) is 13.0 Å². The van der Waals surface area contributed by atoms with E-state index in [0.717, 1.165) is 22.8 Å². The molecule has 0 bridgehead atoms. The maximum Gasteiger partial charge on any atom is 0.133 e. The van der Waals surface area contributed by atoms with E-state index in [4.69, 9.17) is 16.3 Å². The summed E-state index contributed by atoms with van der Waals surface area (Å²) in [6.07, 6.45) is 1.27. The number of hydrogen-bond acceptors (Lipinski definition) is 2. The molecule has 74 valence electrons. The first-order valence-corrected chi connectivity index (χ1v) is 4.97. The van der Waals surface area contributed by atoms with Crippen molar-refractivity contribution in [1.29, 1.82) is 0 Å². The van der Waals surface area contributed by atoms with Gasteiger partial charge in [0.1, 0.15) is 17.6 Å². The molecule has 2 nitrogen and oxygen atoms in total. The number of fused-ring (bicyclic) bond motifs is 1. The van der Waals surface area contributed by atoms with Crippen LogP contribution in [-0.4, -0.2) is 11.9 Å². The largest absolute Gasteiger partial charge is 0.489 e. The van der Waals surface area contributed by atoms with Crippen LogP contribution in [0.5, 0.6) is 5.75 Å². The highest BCUT2D eigenvalue weighted by Gasteiger charge is 2.23. The molecule has 0 amide bonds. The van der Waals surface area contributed by atoms with Crippen molar-refractivity contribution in [2.75, 3.05) is 0 Å². The molecule has 0 saturated carbocycles. The van der Waals surface area contributed by atoms with Gasteiger partial charge in [0.15, 0.2) is 0 Å². The molecule has 3 heteroatoms. The Morgan fingerprint density at radius 1 is 1.64 bits per heavy atom. The molecule has 0 aromatic heterocycles. The van der Waals surface area contributed by atoms with Crippen molar-refractivity contribution in [3.8, 4) is 5.75 Å². The lowest BCUT2D eigenvalue weighted by atomic mass is 10.1. The van der Waals surface area contributed by atoms with Crippen LogP contribution >= 0.6 is 11.6 Å². The van der Waals surface area contributed by atoms with Crippen LogP contribution in [0.2, 0.25) is 5.02 Å². The highest BCUT2D eigenvalue weighted by atomic mass is 35.5. The summed E-state index contributed by atoms with van der Waals surface area (Å²) in [5, 5.41) is 0.718. The molecule has 1 aliphatic rings. The van der Waals surface area contributed by atoms with Crippen LogP contribution in [-0.2, 0) is 11.2 Å². The molecule has 0 N–H and O–H groups in total. The number of hydrogen-bond donors (Lipinski definition) is 0. The first kappa shape index (κ1) is 9.53. The van der Waals surface area contributed by atoms with Gasteiger partial charge in [-0.3, -0.25) is 4.79 Å². The van der Waals surface area contributed by atoms with E-state index in [1.807, 2.05) is 12.1 Å². The molecular weight excluding hydrogens is 200 g/mol. The zero-order valence-electron chi connectivity index (χ0n) is 7.92. The van der Waals surface area contributed by atoms with Gasteiger partial charge in [0.2, 0.25) is 0 Å². The Morgan fingerprint density at radius 3 is 3.14 bits per heavy atom. The second-order valence-corrected chi connectivity index (χ2v) is 4.04. The van der Waals surface area contributed by atoms with Gasteiger partial charge in [-0.25, -0.2) is 0 Å². The molecule has 1 atom stereocenters. The molecule has 0 aliphatic carbocycles. The van der Waals surface area contributed by atoms with Crippen molar-refractivity contribution in [3.05, 3.63) is 28.8 Å². The number of carbonyl (C=O) groups is 1. The Morgan fingerprint density at radius 2 is 2.43 bits per heavy atom. The third-order valence-corrected chi connectivity index (χ3v) is 2.51. The molecular formula is C11H11ClO2. The number of ether oxygens (including phenoxy) is 1. The molecule has 0 spiro atoms. The third-order valence-electron chi connectivity index (χ3n) is 2.28. The van der Waals surface area contributed by atoms with E-state index in [0.29, 0.717) is 6.42 Å². The van der Waals surface area contributed by atoms with Crippen molar-refractivity contribution >= 4 is 17.4 Å². The summed E-state index contributed by atoms with van der Waals surface area (Å²) >= 11 is 5.85. The Hall–Kier alpha value is -1.02. The molecule has 2 rings (SSSR count). The fraction of sp³-hybridized carbons (Fsp3) is 0.364. The minimum Gasteiger partial charge on any atom is -0.489 e. The van der Waals surface area contributed by atoms with E-state index >= 15 is 0 Å². The number of benzene rings is 1. The quantitative estimate of drug-likeness (QED) is 0.750. The average molecular weight is 211 g/mol. The van der Waals surface area contributed by atoms with E-state index in [9.17, 15) is 4.79 Å². The standard InChI is InChI=1S/C11H11ClO2/c1-7(13)4-10-6-8-5-9(12)2-3-11(8)14-10/h2-3,5,10H,4,6H2,1H3. The van der Waals surface area contributed by atoms with Gasteiger partial charge in [-0.15, -0.1) is 0 Å². The zero-order valence-corrected chi connectivity index (χ0v) is 8.67. The minimum atomic E-state index is 0.000895. The molecule has 1 aromatic rings. The van der Waals surface area contributed by atoms with Gasteiger partial charge in [0.25, 0.3) is 0 Å². The third kappa shape index (κ3) is 1.90. The minimum absolute atomic E-state index is 0.000895. The predicted molar refractivity (Wildman–Crippen MR) is 54.9 cm³/mol. The summed E-state index contributed by atoms with van der Waals surface area (Å²) in [7, 11) is 0. The molecule has 0 saturated heterocycles. The summed E-state index contributed by atoms with van der Waals surface area (Å²) < 4.78 is 5.59. The fourth-order valence-electron chi connectivity index (χ4n) is 1.72. The van der Waals surface area contributed by atoms with Gasteiger partial charge in [-0.1, -0.05) is 11.6 Å². The van der Waals surface area contributed by atoms with Crippen molar-refractivity contribution < 1.29 is 9.53 Å². The summed E-state index contributed by atoms with van der Waals surface area (Å²) in [6.45, 7) is 1.58. The summed E-state index contributed by atoms with van der Waals surface area (Å²) in [5.74, 6) is 1.02. The Balaban J connectivity index is 2.14. The number of ketones is 1. The van der Waals surface area contributed by atoms with Gasteiger partial charge in [-0.05, 0) is 30.7 Å². The zero-order chi connectivity index (χ0) is 10.1. The maximum absolute atomic E-state index is 10.9. The normalized spacial score (nSPS) is 18.9. The highest BCUT2D eigenvalue weighted by Crippen LogP contribution is 2.31. The van der Waals surface area contributed by atoms with Gasteiger partial charge >= 0.3 is 0 Å². The first-order chi connectivity index (χ1) is 6.65. The van der Waals surface area contributed by atoms with Crippen LogP contribution in [0.4, 0.5) is 0 Å². The number of halogens is 1. The summed E-state index contributed by atoms with van der Waals surface area (Å²) in [4.78, 5) is 10.9. The topological polar surface area (TPSA) is 26.3 Å². The fourth-order valence-corrected chi connectivity index (χ4v) is 1.92. The van der Waals surface area contributed by atoms with Crippen molar-refractivity contribution in [1.82, 2.24) is 0 Å². The molecule has 1 unspecified atom stereocenters. The van der Waals surface area contributed by atoms with Gasteiger partial charge in [0.05, 0.1) is 0 Å². The van der Waals surface area contributed by atoms with E-state index in [-0.39, 0.29) is 11.9 Å². The monoisotopic (exact) mass is 210 g/mol. The highest BCUT2D eigenvalue weighted by molar-refractivity contribution is 6.30. The van der Waals surface area contributed by atoms with Crippen molar-refractivity contribution in [2.24, 2.45) is 0 Å². The van der Waals surface area contributed by atoms with Crippen LogP contribution < -0.4 is 4.74 Å². The van der Waals surface area contributed by atoms with E-state index in [2.05, 4.69) is 0 Å². The lowest BCUT2D eigenvalue weighted by Gasteiger charge is -2.07. The second-order valence-electron chi connectivity index (χ2n) is 3.60. The number of rotatable bonds is 2. The number of carbonyl (C=O) groups excluding carboxylic acids is 1. The Labute approximate surface area is 87.8 Å². The molecule has 0 fully saturated rings. The van der Waals surface area contributed by atoms with Crippen LogP contribution in [0.25, 0.3) is 0 Å². The summed E-state index contributed by atoms with van der Waals surface area (Å²) in [6, 6.07) is 5.56. The molecule has 1 heterocycles. The van der Waals surface area contributed by atoms with Crippen LogP contribution in [0.15, 0.2) is 18.2 Å². The van der Waals surface area contributed by atoms with E-state index < -0.39 is 0 Å². The summed E-state index contributed by atoms with van der Waals surface area (Å²) in [5.41, 5.74) is 1.10. The average Bonchev–Trinajstić information content (AvgIpc) is 2.44. The Bertz CT molecular complexity index is 374. The molecule has 1 aromatic carbocycles. The SMILES string of the molecule is CC(=O)CC1Cc2cc(Cl)ccc2O1. The Kier molecular flexibility index (Phi) is 2.46. The van der Waals surface area contributed by atoms with Gasteiger partial charge in [0, 0.05) is 17.9 Å². The lowest BCUT2D eigenvalue weighted by Crippen LogP contribution is -2.16. The number of Topliss-reactive ketones (excluding diaryl/α,β-unsaturated/α-hetero) is 1. The van der Waals surface area contributed by atoms with Gasteiger partial charge < -0.3 is 4.74 Å². The maximum atomic E-state index is 10.9. The van der Waals surface area contributed by atoms with Gasteiger partial charge in [-0.2, -0.15) is 0 Å². The van der Waals surface area contributed by atoms with E-state index in [1.165, 1.54) is 0 Å². The predicted octanol–water partition coefficient (Wildman–Crippen LogP) is 2.62.